The maximum Gasteiger partial charge on any atom is 0.126 e. The summed E-state index contributed by atoms with van der Waals surface area (Å²) in [6, 6.07) is 2.71. The zero-order chi connectivity index (χ0) is 11.5. The van der Waals surface area contributed by atoms with E-state index in [1.54, 1.807) is 0 Å². The molecule has 1 heterocycles. The van der Waals surface area contributed by atoms with Crippen LogP contribution in [0.3, 0.4) is 0 Å². The van der Waals surface area contributed by atoms with Gasteiger partial charge in [-0.15, -0.1) is 0 Å². The second-order valence-corrected chi connectivity index (χ2v) is 3.97. The highest BCUT2D eigenvalue weighted by Crippen LogP contribution is 2.09. The van der Waals surface area contributed by atoms with E-state index in [0.717, 1.165) is 0 Å². The zero-order valence-corrected chi connectivity index (χ0v) is 9.05. The van der Waals surface area contributed by atoms with E-state index in [9.17, 15) is 4.39 Å². The molecule has 0 aromatic carbocycles. The SMILES string of the molecule is C=C(N)C(C)(C)NCc1cc(F)ccn1. The van der Waals surface area contributed by atoms with Gasteiger partial charge in [-0.25, -0.2) is 4.39 Å². The molecule has 0 aliphatic heterocycles. The first-order valence-corrected chi connectivity index (χ1v) is 4.72. The fourth-order valence-electron chi connectivity index (χ4n) is 0.970. The summed E-state index contributed by atoms with van der Waals surface area (Å²) in [6.07, 6.45) is 1.44. The van der Waals surface area contributed by atoms with Gasteiger partial charge in [0.25, 0.3) is 0 Å². The molecule has 1 aromatic rings. The average molecular weight is 209 g/mol. The van der Waals surface area contributed by atoms with Crippen molar-refractivity contribution in [1.82, 2.24) is 10.3 Å². The predicted molar refractivity (Wildman–Crippen MR) is 58.4 cm³/mol. The van der Waals surface area contributed by atoms with Crippen LogP contribution >= 0.6 is 0 Å². The van der Waals surface area contributed by atoms with Crippen LogP contribution in [0.4, 0.5) is 4.39 Å². The largest absolute Gasteiger partial charge is 0.401 e. The van der Waals surface area contributed by atoms with Gasteiger partial charge in [-0.3, -0.25) is 4.98 Å². The van der Waals surface area contributed by atoms with Gasteiger partial charge < -0.3 is 11.1 Å². The Hall–Kier alpha value is -1.42. The van der Waals surface area contributed by atoms with Crippen LogP contribution in [-0.4, -0.2) is 10.5 Å². The van der Waals surface area contributed by atoms with Crippen molar-refractivity contribution in [2.75, 3.05) is 0 Å². The van der Waals surface area contributed by atoms with Crippen LogP contribution in [0.5, 0.6) is 0 Å². The number of hydrogen-bond acceptors (Lipinski definition) is 3. The molecule has 0 saturated heterocycles. The summed E-state index contributed by atoms with van der Waals surface area (Å²) in [6.45, 7) is 7.96. The normalized spacial score (nSPS) is 11.4. The molecule has 0 aliphatic carbocycles. The van der Waals surface area contributed by atoms with Gasteiger partial charge in [-0.2, -0.15) is 0 Å². The van der Waals surface area contributed by atoms with Crippen molar-refractivity contribution in [3.05, 3.63) is 42.1 Å². The average Bonchev–Trinajstić information content (AvgIpc) is 2.15. The highest BCUT2D eigenvalue weighted by molar-refractivity contribution is 5.11. The van der Waals surface area contributed by atoms with Crippen LogP contribution in [0, 0.1) is 5.82 Å². The van der Waals surface area contributed by atoms with Gasteiger partial charge in [0.05, 0.1) is 11.2 Å². The van der Waals surface area contributed by atoms with Gasteiger partial charge in [0, 0.05) is 18.4 Å². The number of pyridine rings is 1. The molecule has 0 spiro atoms. The Morgan fingerprint density at radius 2 is 2.33 bits per heavy atom. The molecule has 82 valence electrons. The van der Waals surface area contributed by atoms with Crippen molar-refractivity contribution in [1.29, 1.82) is 0 Å². The number of aromatic nitrogens is 1. The van der Waals surface area contributed by atoms with Gasteiger partial charge in [0.1, 0.15) is 5.82 Å². The molecule has 0 amide bonds. The molecule has 3 nitrogen and oxygen atoms in total. The quantitative estimate of drug-likeness (QED) is 0.791. The lowest BCUT2D eigenvalue weighted by Gasteiger charge is -2.26. The molecule has 1 rings (SSSR count). The third kappa shape index (κ3) is 3.32. The van der Waals surface area contributed by atoms with E-state index in [1.165, 1.54) is 18.3 Å². The predicted octanol–water partition coefficient (Wildman–Crippen LogP) is 1.56. The smallest absolute Gasteiger partial charge is 0.126 e. The number of nitrogens with zero attached hydrogens (tertiary/aromatic N) is 1. The molecule has 3 N–H and O–H groups in total. The molecule has 0 saturated carbocycles. The summed E-state index contributed by atoms with van der Waals surface area (Å²) in [5.74, 6) is -0.286. The van der Waals surface area contributed by atoms with Gasteiger partial charge in [-0.05, 0) is 26.0 Å². The third-order valence-electron chi connectivity index (χ3n) is 2.29. The number of hydrogen-bond donors (Lipinski definition) is 2. The Morgan fingerprint density at radius 3 is 2.87 bits per heavy atom. The minimum absolute atomic E-state index is 0.286. The summed E-state index contributed by atoms with van der Waals surface area (Å²) in [4.78, 5) is 4.03. The standard InChI is InChI=1S/C11H16FN3/c1-8(13)11(2,3)15-7-10-6-9(12)4-5-14-10/h4-6,15H,1,7,13H2,2-3H3. The molecule has 0 atom stereocenters. The zero-order valence-electron chi connectivity index (χ0n) is 9.05. The van der Waals surface area contributed by atoms with Crippen molar-refractivity contribution in [3.8, 4) is 0 Å². The van der Waals surface area contributed by atoms with E-state index in [4.69, 9.17) is 5.73 Å². The number of rotatable bonds is 4. The fraction of sp³-hybridized carbons (Fsp3) is 0.364. The maximum absolute atomic E-state index is 12.8. The topological polar surface area (TPSA) is 50.9 Å². The van der Waals surface area contributed by atoms with Crippen molar-refractivity contribution in [3.63, 3.8) is 0 Å². The minimum atomic E-state index is -0.381. The monoisotopic (exact) mass is 209 g/mol. The van der Waals surface area contributed by atoms with Crippen LogP contribution in [0.15, 0.2) is 30.6 Å². The Labute approximate surface area is 89.2 Å². The molecule has 15 heavy (non-hydrogen) atoms. The Bertz CT molecular complexity index is 361. The van der Waals surface area contributed by atoms with Gasteiger partial charge >= 0.3 is 0 Å². The van der Waals surface area contributed by atoms with Crippen LogP contribution in [0.25, 0.3) is 0 Å². The van der Waals surface area contributed by atoms with Crippen molar-refractivity contribution in [2.24, 2.45) is 5.73 Å². The Balaban J connectivity index is 2.61. The lowest BCUT2D eigenvalue weighted by Crippen LogP contribution is -2.43. The molecular formula is C11H16FN3. The number of nitrogens with one attached hydrogen (secondary N) is 1. The van der Waals surface area contributed by atoms with Gasteiger partial charge in [0.15, 0.2) is 0 Å². The maximum atomic E-state index is 12.8. The molecule has 1 aromatic heterocycles. The minimum Gasteiger partial charge on any atom is -0.401 e. The third-order valence-corrected chi connectivity index (χ3v) is 2.29. The lowest BCUT2D eigenvalue weighted by molar-refractivity contribution is 0.441. The highest BCUT2D eigenvalue weighted by Gasteiger charge is 2.18. The van der Waals surface area contributed by atoms with Crippen molar-refractivity contribution >= 4 is 0 Å². The van der Waals surface area contributed by atoms with Gasteiger partial charge in [-0.1, -0.05) is 6.58 Å². The fourth-order valence-corrected chi connectivity index (χ4v) is 0.970. The van der Waals surface area contributed by atoms with E-state index in [1.807, 2.05) is 13.8 Å². The van der Waals surface area contributed by atoms with Gasteiger partial charge in [0.2, 0.25) is 0 Å². The first-order chi connectivity index (χ1) is 6.92. The summed E-state index contributed by atoms with van der Waals surface area (Å²) < 4.78 is 12.8. The van der Waals surface area contributed by atoms with Crippen LogP contribution in [0.1, 0.15) is 19.5 Å². The number of nitrogens with two attached hydrogens (primary N) is 1. The van der Waals surface area contributed by atoms with E-state index in [2.05, 4.69) is 16.9 Å². The summed E-state index contributed by atoms with van der Waals surface area (Å²) in [5.41, 5.74) is 6.42. The first-order valence-electron chi connectivity index (χ1n) is 4.72. The van der Waals surface area contributed by atoms with Crippen LogP contribution in [-0.2, 0) is 6.54 Å². The molecule has 4 heteroatoms. The lowest BCUT2D eigenvalue weighted by atomic mass is 10.0. The van der Waals surface area contributed by atoms with E-state index < -0.39 is 0 Å². The molecule has 0 fully saturated rings. The number of halogens is 1. The first kappa shape index (κ1) is 11.7. The van der Waals surface area contributed by atoms with E-state index in [0.29, 0.717) is 17.9 Å². The van der Waals surface area contributed by atoms with Crippen molar-refractivity contribution in [2.45, 2.75) is 25.9 Å². The molecule has 0 bridgehead atoms. The highest BCUT2D eigenvalue weighted by atomic mass is 19.1. The Morgan fingerprint density at radius 1 is 1.67 bits per heavy atom. The van der Waals surface area contributed by atoms with Crippen molar-refractivity contribution < 1.29 is 4.39 Å². The summed E-state index contributed by atoms with van der Waals surface area (Å²) in [5, 5.41) is 3.15. The summed E-state index contributed by atoms with van der Waals surface area (Å²) >= 11 is 0. The van der Waals surface area contributed by atoms with Crippen LogP contribution < -0.4 is 11.1 Å². The molecule has 0 unspecified atom stereocenters. The van der Waals surface area contributed by atoms with E-state index >= 15 is 0 Å². The summed E-state index contributed by atoms with van der Waals surface area (Å²) in [7, 11) is 0. The van der Waals surface area contributed by atoms with E-state index in [-0.39, 0.29) is 11.4 Å². The van der Waals surface area contributed by atoms with Crippen LogP contribution in [0.2, 0.25) is 0 Å². The molecular weight excluding hydrogens is 193 g/mol. The second kappa shape index (κ2) is 4.40. The second-order valence-electron chi connectivity index (χ2n) is 3.97. The Kier molecular flexibility index (Phi) is 3.42. The molecule has 0 aliphatic rings. The molecule has 0 radical (unpaired) electrons.